The minimum Gasteiger partial charge on any atom is -0.321 e. The molecule has 0 saturated heterocycles. The van der Waals surface area contributed by atoms with E-state index in [1.165, 1.54) is 11.5 Å². The summed E-state index contributed by atoms with van der Waals surface area (Å²) in [7, 11) is 0. The van der Waals surface area contributed by atoms with Crippen molar-refractivity contribution in [3.63, 3.8) is 0 Å². The Labute approximate surface area is 105 Å². The van der Waals surface area contributed by atoms with Crippen LogP contribution in [0.4, 0.5) is 5.69 Å². The van der Waals surface area contributed by atoms with Gasteiger partial charge in [0.15, 0.2) is 0 Å². The van der Waals surface area contributed by atoms with Crippen molar-refractivity contribution in [3.05, 3.63) is 47.0 Å². The van der Waals surface area contributed by atoms with Crippen molar-refractivity contribution >= 4 is 23.1 Å². The summed E-state index contributed by atoms with van der Waals surface area (Å²) in [5, 5.41) is 2.82. The van der Waals surface area contributed by atoms with Crippen LogP contribution in [0.15, 0.2) is 36.4 Å². The molecule has 0 aliphatic carbocycles. The Kier molecular flexibility index (Phi) is 3.54. The van der Waals surface area contributed by atoms with Crippen molar-refractivity contribution in [2.24, 2.45) is 0 Å². The molecular formula is C13H14N2OS. The number of carbonyl (C=O) groups excluding carboxylic acids is 1. The first-order chi connectivity index (χ1) is 8.16. The number of benzene rings is 1. The summed E-state index contributed by atoms with van der Waals surface area (Å²) in [6.45, 7) is 4.18. The number of nitrogens with zero attached hydrogens (tertiary/aromatic N) is 1. The van der Waals surface area contributed by atoms with Crippen molar-refractivity contribution < 1.29 is 4.79 Å². The van der Waals surface area contributed by atoms with Crippen molar-refractivity contribution in [1.82, 2.24) is 4.37 Å². The minimum atomic E-state index is -0.153. The van der Waals surface area contributed by atoms with Gasteiger partial charge in [-0.25, -0.2) is 0 Å². The molecule has 0 bridgehead atoms. The molecule has 17 heavy (non-hydrogen) atoms. The van der Waals surface area contributed by atoms with Gasteiger partial charge in [0.2, 0.25) is 0 Å². The van der Waals surface area contributed by atoms with Gasteiger partial charge in [-0.1, -0.05) is 32.0 Å². The van der Waals surface area contributed by atoms with Crippen molar-refractivity contribution in [3.8, 4) is 0 Å². The third-order valence-corrected chi connectivity index (χ3v) is 3.45. The molecule has 1 amide bonds. The predicted molar refractivity (Wildman–Crippen MR) is 70.6 cm³/mol. The Morgan fingerprint density at radius 3 is 2.59 bits per heavy atom. The van der Waals surface area contributed by atoms with Gasteiger partial charge in [0.05, 0.1) is 0 Å². The van der Waals surface area contributed by atoms with Crippen LogP contribution in [0.2, 0.25) is 0 Å². The third kappa shape index (κ3) is 2.91. The van der Waals surface area contributed by atoms with Gasteiger partial charge in [0.1, 0.15) is 5.69 Å². The fourth-order valence-corrected chi connectivity index (χ4v) is 2.10. The molecule has 0 spiro atoms. The van der Waals surface area contributed by atoms with E-state index in [2.05, 4.69) is 23.5 Å². The van der Waals surface area contributed by atoms with Crippen LogP contribution in [0, 0.1) is 0 Å². The number of carbonyl (C=O) groups is 1. The molecule has 1 aromatic carbocycles. The summed E-state index contributed by atoms with van der Waals surface area (Å²) < 4.78 is 4.16. The summed E-state index contributed by atoms with van der Waals surface area (Å²) in [4.78, 5) is 13.0. The van der Waals surface area contributed by atoms with E-state index in [1.807, 2.05) is 36.4 Å². The Balaban J connectivity index is 2.10. The van der Waals surface area contributed by atoms with E-state index in [9.17, 15) is 4.79 Å². The molecule has 1 aromatic heterocycles. The lowest BCUT2D eigenvalue weighted by Crippen LogP contribution is -2.11. The molecule has 0 fully saturated rings. The molecule has 88 valence electrons. The molecule has 4 heteroatoms. The summed E-state index contributed by atoms with van der Waals surface area (Å²) in [6.07, 6.45) is 0. The molecule has 0 unspecified atom stereocenters. The highest BCUT2D eigenvalue weighted by Crippen LogP contribution is 2.20. The van der Waals surface area contributed by atoms with Crippen molar-refractivity contribution in [1.29, 1.82) is 0 Å². The van der Waals surface area contributed by atoms with Crippen LogP contribution in [-0.4, -0.2) is 10.3 Å². The summed E-state index contributed by atoms with van der Waals surface area (Å²) >= 11 is 1.39. The fourth-order valence-electron chi connectivity index (χ4n) is 1.39. The maximum absolute atomic E-state index is 11.9. The quantitative estimate of drug-likeness (QED) is 0.900. The molecular weight excluding hydrogens is 232 g/mol. The second-order valence-corrected chi connectivity index (χ2v) is 4.93. The largest absolute Gasteiger partial charge is 0.321 e. The molecule has 2 aromatic rings. The molecule has 0 aliphatic heterocycles. The number of hydrogen-bond acceptors (Lipinski definition) is 3. The summed E-state index contributed by atoms with van der Waals surface area (Å²) in [5.41, 5.74) is 1.28. The number of para-hydroxylation sites is 1. The Morgan fingerprint density at radius 1 is 1.29 bits per heavy atom. The van der Waals surface area contributed by atoms with Gasteiger partial charge in [0, 0.05) is 10.6 Å². The zero-order valence-corrected chi connectivity index (χ0v) is 10.6. The number of rotatable bonds is 3. The number of hydrogen-bond donors (Lipinski definition) is 1. The van der Waals surface area contributed by atoms with E-state index < -0.39 is 0 Å². The van der Waals surface area contributed by atoms with Gasteiger partial charge < -0.3 is 5.32 Å². The zero-order chi connectivity index (χ0) is 12.3. The van der Waals surface area contributed by atoms with Gasteiger partial charge in [-0.3, -0.25) is 4.79 Å². The van der Waals surface area contributed by atoms with Gasteiger partial charge in [-0.15, -0.1) is 0 Å². The normalized spacial score (nSPS) is 10.5. The van der Waals surface area contributed by atoms with E-state index in [0.717, 1.165) is 10.6 Å². The second-order valence-electron chi connectivity index (χ2n) is 4.09. The van der Waals surface area contributed by atoms with Crippen LogP contribution < -0.4 is 5.32 Å². The topological polar surface area (TPSA) is 42.0 Å². The first kappa shape index (κ1) is 11.8. The van der Waals surface area contributed by atoms with E-state index in [-0.39, 0.29) is 5.91 Å². The number of amides is 1. The summed E-state index contributed by atoms with van der Waals surface area (Å²) in [6, 6.07) is 11.2. The number of aromatic nitrogens is 1. The maximum Gasteiger partial charge on any atom is 0.275 e. The Morgan fingerprint density at radius 2 is 2.00 bits per heavy atom. The lowest BCUT2D eigenvalue weighted by Gasteiger charge is -2.01. The summed E-state index contributed by atoms with van der Waals surface area (Å²) in [5.74, 6) is 0.255. The van der Waals surface area contributed by atoms with Crippen molar-refractivity contribution in [2.75, 3.05) is 5.32 Å². The smallest absolute Gasteiger partial charge is 0.275 e. The first-order valence-electron chi connectivity index (χ1n) is 5.50. The van der Waals surface area contributed by atoms with E-state index in [1.54, 1.807) is 0 Å². The van der Waals surface area contributed by atoms with Crippen LogP contribution >= 0.6 is 11.5 Å². The molecule has 0 aliphatic rings. The van der Waals surface area contributed by atoms with Crippen LogP contribution in [0.5, 0.6) is 0 Å². The maximum atomic E-state index is 11.9. The van der Waals surface area contributed by atoms with Gasteiger partial charge >= 0.3 is 0 Å². The van der Waals surface area contributed by atoms with E-state index in [0.29, 0.717) is 11.6 Å². The Hall–Kier alpha value is -1.68. The van der Waals surface area contributed by atoms with E-state index in [4.69, 9.17) is 0 Å². The highest BCUT2D eigenvalue weighted by molar-refractivity contribution is 7.06. The van der Waals surface area contributed by atoms with Crippen LogP contribution in [-0.2, 0) is 0 Å². The van der Waals surface area contributed by atoms with Gasteiger partial charge in [-0.05, 0) is 35.6 Å². The lowest BCUT2D eigenvalue weighted by molar-refractivity contribution is 0.102. The average Bonchev–Trinajstić information content (AvgIpc) is 2.79. The minimum absolute atomic E-state index is 0.153. The average molecular weight is 246 g/mol. The molecule has 0 saturated carbocycles. The van der Waals surface area contributed by atoms with Crippen LogP contribution in [0.25, 0.3) is 0 Å². The molecule has 0 radical (unpaired) electrons. The molecule has 0 atom stereocenters. The van der Waals surface area contributed by atoms with Crippen LogP contribution in [0.1, 0.15) is 35.1 Å². The second kappa shape index (κ2) is 5.10. The van der Waals surface area contributed by atoms with Gasteiger partial charge in [0.25, 0.3) is 5.91 Å². The Bertz CT molecular complexity index is 505. The zero-order valence-electron chi connectivity index (χ0n) is 9.81. The fraction of sp³-hybridized carbons (Fsp3) is 0.231. The highest BCUT2D eigenvalue weighted by atomic mass is 32.1. The highest BCUT2D eigenvalue weighted by Gasteiger charge is 2.12. The van der Waals surface area contributed by atoms with Crippen molar-refractivity contribution in [2.45, 2.75) is 19.8 Å². The molecule has 1 heterocycles. The van der Waals surface area contributed by atoms with Gasteiger partial charge in [-0.2, -0.15) is 4.37 Å². The third-order valence-electron chi connectivity index (χ3n) is 2.36. The SMILES string of the molecule is CC(C)c1cc(C(=O)Nc2ccccc2)ns1. The molecule has 3 nitrogen and oxygen atoms in total. The number of nitrogens with one attached hydrogen (secondary N) is 1. The lowest BCUT2D eigenvalue weighted by atomic mass is 10.2. The molecule has 1 N–H and O–H groups in total. The van der Waals surface area contributed by atoms with E-state index >= 15 is 0 Å². The first-order valence-corrected chi connectivity index (χ1v) is 6.27. The monoisotopic (exact) mass is 246 g/mol. The standard InChI is InChI=1S/C13H14N2OS/c1-9(2)12-8-11(15-17-12)13(16)14-10-6-4-3-5-7-10/h3-9H,1-2H3,(H,14,16). The van der Waals surface area contributed by atoms with Crippen LogP contribution in [0.3, 0.4) is 0 Å². The number of anilines is 1. The predicted octanol–water partition coefficient (Wildman–Crippen LogP) is 3.52. The molecule has 2 rings (SSSR count).